The molecule has 0 aliphatic rings. The summed E-state index contributed by atoms with van der Waals surface area (Å²) in [5.74, 6) is 1.12. The topological polar surface area (TPSA) is 85.8 Å². The fraction of sp³-hybridized carbons (Fsp3) is 0.609. The van der Waals surface area contributed by atoms with Gasteiger partial charge in [-0.05, 0) is 36.5 Å². The number of aliphatic imine (C=N–C) groups is 1. The average Bonchev–Trinajstić information content (AvgIpc) is 2.76. The smallest absolute Gasteiger partial charge is 0.251 e. The molecule has 1 atom stereocenters. The molecule has 1 rings (SSSR count). The standard InChI is InChI=1S/C23H39N5O2.HI/c1-6-8-10-18(7-2)16-26-23(27-17-21(29)28(4)5)25-14-13-19-11-9-12-20(15-19)22(30)24-3;/h9,11-12,15,18H,6-8,10,13-14,16-17H2,1-5H3,(H,24,30)(H2,25,26,27);1H. The Labute approximate surface area is 204 Å². The number of amides is 2. The van der Waals surface area contributed by atoms with Gasteiger partial charge in [0.2, 0.25) is 5.91 Å². The van der Waals surface area contributed by atoms with Gasteiger partial charge >= 0.3 is 0 Å². The Balaban J connectivity index is 0.00000900. The summed E-state index contributed by atoms with van der Waals surface area (Å²) in [4.78, 5) is 29.7. The van der Waals surface area contributed by atoms with E-state index in [1.807, 2.05) is 18.2 Å². The van der Waals surface area contributed by atoms with Crippen molar-refractivity contribution in [2.24, 2.45) is 10.9 Å². The van der Waals surface area contributed by atoms with E-state index >= 15 is 0 Å². The summed E-state index contributed by atoms with van der Waals surface area (Å²) >= 11 is 0. The lowest BCUT2D eigenvalue weighted by Crippen LogP contribution is -2.41. The van der Waals surface area contributed by atoms with Gasteiger partial charge < -0.3 is 20.9 Å². The van der Waals surface area contributed by atoms with Crippen molar-refractivity contribution in [3.63, 3.8) is 0 Å². The molecule has 0 aliphatic heterocycles. The minimum atomic E-state index is -0.0892. The van der Waals surface area contributed by atoms with Gasteiger partial charge in [-0.1, -0.05) is 45.2 Å². The Morgan fingerprint density at radius 1 is 1.16 bits per heavy atom. The minimum absolute atomic E-state index is 0. The Bertz CT molecular complexity index is 694. The first-order valence-corrected chi connectivity index (χ1v) is 10.9. The first-order chi connectivity index (χ1) is 14.4. The molecule has 0 aliphatic carbocycles. The van der Waals surface area contributed by atoms with Crippen LogP contribution in [0.25, 0.3) is 0 Å². The van der Waals surface area contributed by atoms with E-state index in [2.05, 4.69) is 34.8 Å². The molecule has 0 bridgehead atoms. The highest BCUT2D eigenvalue weighted by Gasteiger charge is 2.09. The zero-order valence-electron chi connectivity index (χ0n) is 19.7. The van der Waals surface area contributed by atoms with Gasteiger partial charge in [-0.3, -0.25) is 9.59 Å². The van der Waals surface area contributed by atoms with Crippen molar-refractivity contribution in [2.45, 2.75) is 46.0 Å². The molecular formula is C23H40IN5O2. The van der Waals surface area contributed by atoms with E-state index < -0.39 is 0 Å². The molecule has 8 heteroatoms. The van der Waals surface area contributed by atoms with E-state index in [1.54, 1.807) is 32.1 Å². The quantitative estimate of drug-likeness (QED) is 0.214. The average molecular weight is 546 g/mol. The van der Waals surface area contributed by atoms with Gasteiger partial charge in [0.25, 0.3) is 5.91 Å². The van der Waals surface area contributed by atoms with Crippen molar-refractivity contribution in [1.29, 1.82) is 0 Å². The van der Waals surface area contributed by atoms with Crippen LogP contribution in [0.2, 0.25) is 0 Å². The van der Waals surface area contributed by atoms with Crippen molar-refractivity contribution < 1.29 is 9.59 Å². The monoisotopic (exact) mass is 545 g/mol. The van der Waals surface area contributed by atoms with Crippen molar-refractivity contribution in [2.75, 3.05) is 40.8 Å². The van der Waals surface area contributed by atoms with E-state index in [0.29, 0.717) is 24.0 Å². The Morgan fingerprint density at radius 2 is 1.90 bits per heavy atom. The van der Waals surface area contributed by atoms with Gasteiger partial charge in [0.1, 0.15) is 6.54 Å². The highest BCUT2D eigenvalue weighted by atomic mass is 127. The number of carbonyl (C=O) groups is 2. The van der Waals surface area contributed by atoms with Gasteiger partial charge in [0.05, 0.1) is 0 Å². The van der Waals surface area contributed by atoms with Crippen molar-refractivity contribution in [3.05, 3.63) is 35.4 Å². The molecule has 0 fully saturated rings. The lowest BCUT2D eigenvalue weighted by Gasteiger charge is -2.19. The molecule has 7 nitrogen and oxygen atoms in total. The molecule has 1 aromatic rings. The second-order valence-corrected chi connectivity index (χ2v) is 7.71. The molecule has 0 heterocycles. The van der Waals surface area contributed by atoms with Crippen molar-refractivity contribution >= 4 is 41.8 Å². The predicted octanol–water partition coefficient (Wildman–Crippen LogP) is 3.05. The maximum Gasteiger partial charge on any atom is 0.251 e. The van der Waals surface area contributed by atoms with Crippen LogP contribution < -0.4 is 16.0 Å². The lowest BCUT2D eigenvalue weighted by atomic mass is 9.99. The van der Waals surface area contributed by atoms with Crippen LogP contribution >= 0.6 is 24.0 Å². The number of hydrogen-bond acceptors (Lipinski definition) is 3. The second kappa shape index (κ2) is 16.8. The van der Waals surface area contributed by atoms with Crippen LogP contribution in [0.3, 0.4) is 0 Å². The molecule has 0 saturated carbocycles. The molecule has 3 N–H and O–H groups in total. The van der Waals surface area contributed by atoms with Crippen LogP contribution in [0.5, 0.6) is 0 Å². The van der Waals surface area contributed by atoms with Crippen LogP contribution in [-0.2, 0) is 11.2 Å². The van der Waals surface area contributed by atoms with Crippen LogP contribution in [-0.4, -0.2) is 63.5 Å². The predicted molar refractivity (Wildman–Crippen MR) is 139 cm³/mol. The molecule has 2 amide bonds. The molecule has 0 radical (unpaired) electrons. The van der Waals surface area contributed by atoms with Crippen molar-refractivity contribution in [3.8, 4) is 0 Å². The molecular weight excluding hydrogens is 505 g/mol. The number of unbranched alkanes of at least 4 members (excludes halogenated alkanes) is 1. The normalized spacial score (nSPS) is 11.8. The summed E-state index contributed by atoms with van der Waals surface area (Å²) in [6.45, 7) is 6.03. The number of benzene rings is 1. The van der Waals surface area contributed by atoms with Crippen molar-refractivity contribution in [1.82, 2.24) is 20.9 Å². The third-order valence-electron chi connectivity index (χ3n) is 5.10. The van der Waals surface area contributed by atoms with Gasteiger partial charge in [0.15, 0.2) is 5.96 Å². The third kappa shape index (κ3) is 11.9. The SMILES string of the molecule is CCCCC(CC)CNC(=NCC(=O)N(C)C)NCCc1cccc(C(=O)NC)c1.I. The summed E-state index contributed by atoms with van der Waals surface area (Å²) in [6, 6.07) is 7.60. The van der Waals surface area contributed by atoms with Crippen LogP contribution in [0, 0.1) is 5.92 Å². The summed E-state index contributed by atoms with van der Waals surface area (Å²) in [7, 11) is 5.09. The number of nitrogens with zero attached hydrogens (tertiary/aromatic N) is 2. The largest absolute Gasteiger partial charge is 0.356 e. The van der Waals surface area contributed by atoms with Gasteiger partial charge in [-0.25, -0.2) is 4.99 Å². The number of hydrogen-bond donors (Lipinski definition) is 3. The fourth-order valence-electron chi connectivity index (χ4n) is 2.98. The van der Waals surface area contributed by atoms with Gasteiger partial charge in [0, 0.05) is 39.8 Å². The summed E-state index contributed by atoms with van der Waals surface area (Å²) in [5.41, 5.74) is 1.72. The maximum absolute atomic E-state index is 11.9. The minimum Gasteiger partial charge on any atom is -0.356 e. The number of halogens is 1. The van der Waals surface area contributed by atoms with E-state index in [0.717, 1.165) is 24.9 Å². The first kappa shape index (κ1) is 29.2. The van der Waals surface area contributed by atoms with Gasteiger partial charge in [-0.15, -0.1) is 24.0 Å². The number of carbonyl (C=O) groups excluding carboxylic acids is 2. The highest BCUT2D eigenvalue weighted by molar-refractivity contribution is 14.0. The molecule has 1 aromatic carbocycles. The molecule has 0 aromatic heterocycles. The van der Waals surface area contributed by atoms with E-state index in [-0.39, 0.29) is 42.3 Å². The maximum atomic E-state index is 11.9. The zero-order valence-corrected chi connectivity index (χ0v) is 22.0. The molecule has 0 spiro atoms. The Morgan fingerprint density at radius 3 is 2.52 bits per heavy atom. The third-order valence-corrected chi connectivity index (χ3v) is 5.10. The Kier molecular flexibility index (Phi) is 15.8. The highest BCUT2D eigenvalue weighted by Crippen LogP contribution is 2.11. The van der Waals surface area contributed by atoms with E-state index in [9.17, 15) is 9.59 Å². The fourth-order valence-corrected chi connectivity index (χ4v) is 2.98. The van der Waals surface area contributed by atoms with E-state index in [4.69, 9.17) is 0 Å². The molecule has 1 unspecified atom stereocenters. The Hall–Kier alpha value is -1.84. The van der Waals surface area contributed by atoms with Crippen LogP contribution in [0.1, 0.15) is 55.5 Å². The first-order valence-electron chi connectivity index (χ1n) is 10.9. The number of guanidine groups is 1. The zero-order chi connectivity index (χ0) is 22.4. The second-order valence-electron chi connectivity index (χ2n) is 7.71. The summed E-state index contributed by atoms with van der Waals surface area (Å²) < 4.78 is 0. The number of likely N-dealkylation sites (N-methyl/N-ethyl adjacent to an activating group) is 1. The summed E-state index contributed by atoms with van der Waals surface area (Å²) in [5, 5.41) is 9.38. The van der Waals surface area contributed by atoms with Crippen LogP contribution in [0.4, 0.5) is 0 Å². The molecule has 31 heavy (non-hydrogen) atoms. The van der Waals surface area contributed by atoms with Gasteiger partial charge in [-0.2, -0.15) is 0 Å². The number of nitrogens with one attached hydrogen (secondary N) is 3. The summed E-state index contributed by atoms with van der Waals surface area (Å²) in [6.07, 6.45) is 5.47. The van der Waals surface area contributed by atoms with Crippen LogP contribution in [0.15, 0.2) is 29.3 Å². The lowest BCUT2D eigenvalue weighted by molar-refractivity contribution is -0.127. The molecule has 176 valence electrons. The number of rotatable bonds is 12. The molecule has 0 saturated heterocycles. The van der Waals surface area contributed by atoms with E-state index in [1.165, 1.54) is 19.3 Å².